The minimum atomic E-state index is 0.756. The lowest BCUT2D eigenvalue weighted by atomic mass is 9.92. The first-order valence-corrected chi connectivity index (χ1v) is 10.7. The molecule has 0 fully saturated rings. The van der Waals surface area contributed by atoms with E-state index in [2.05, 4.69) is 70.6 Å². The molecule has 0 radical (unpaired) electrons. The number of hydrogen-bond donors (Lipinski definition) is 0. The van der Waals surface area contributed by atoms with E-state index in [1.165, 1.54) is 11.1 Å². The van der Waals surface area contributed by atoms with Gasteiger partial charge in [0.2, 0.25) is 0 Å². The lowest BCUT2D eigenvalue weighted by molar-refractivity contribution is 0.669. The van der Waals surface area contributed by atoms with E-state index in [4.69, 9.17) is 4.42 Å². The number of pyridine rings is 2. The quantitative estimate of drug-likeness (QED) is 0.305. The third kappa shape index (κ3) is 3.15. The van der Waals surface area contributed by atoms with Crippen molar-refractivity contribution < 1.29 is 4.42 Å². The normalized spacial score (nSPS) is 11.2. The summed E-state index contributed by atoms with van der Waals surface area (Å²) in [5.41, 5.74) is 8.27. The molecule has 0 aliphatic heterocycles. The first-order chi connectivity index (χ1) is 15.9. The van der Waals surface area contributed by atoms with Gasteiger partial charge in [-0.3, -0.25) is 9.97 Å². The second kappa shape index (κ2) is 7.78. The van der Waals surface area contributed by atoms with Crippen LogP contribution in [0.15, 0.2) is 114 Å². The molecule has 32 heavy (non-hydrogen) atoms. The van der Waals surface area contributed by atoms with Crippen LogP contribution < -0.4 is 0 Å². The highest BCUT2D eigenvalue weighted by Crippen LogP contribution is 2.38. The van der Waals surface area contributed by atoms with Gasteiger partial charge in [0.05, 0.1) is 11.4 Å². The maximum atomic E-state index is 6.38. The second-order valence-corrected chi connectivity index (χ2v) is 7.84. The van der Waals surface area contributed by atoms with Crippen molar-refractivity contribution in [1.29, 1.82) is 0 Å². The standard InChI is InChI=1S/C29H20N2O/c1-2-10-22(25-12-5-7-17-30-25)20(9-1)19-21-15-16-24-23-11-3-4-14-27(23)32-29(24)28(21)26-13-6-8-18-31-26/h1-18H,19H2. The van der Waals surface area contributed by atoms with Crippen molar-refractivity contribution in [2.75, 3.05) is 0 Å². The molecule has 0 bridgehead atoms. The smallest absolute Gasteiger partial charge is 0.145 e. The summed E-state index contributed by atoms with van der Waals surface area (Å²) >= 11 is 0. The maximum absolute atomic E-state index is 6.38. The van der Waals surface area contributed by atoms with Crippen LogP contribution >= 0.6 is 0 Å². The summed E-state index contributed by atoms with van der Waals surface area (Å²) in [5.74, 6) is 0. The predicted molar refractivity (Wildman–Crippen MR) is 129 cm³/mol. The fourth-order valence-electron chi connectivity index (χ4n) is 4.42. The fourth-order valence-corrected chi connectivity index (χ4v) is 4.42. The second-order valence-electron chi connectivity index (χ2n) is 7.84. The van der Waals surface area contributed by atoms with Crippen LogP contribution in [0.4, 0.5) is 0 Å². The Bertz CT molecular complexity index is 1540. The van der Waals surface area contributed by atoms with Crippen LogP contribution in [0.2, 0.25) is 0 Å². The summed E-state index contributed by atoms with van der Waals surface area (Å²) in [6.07, 6.45) is 4.43. The zero-order chi connectivity index (χ0) is 21.3. The van der Waals surface area contributed by atoms with Gasteiger partial charge in [-0.1, -0.05) is 66.7 Å². The average Bonchev–Trinajstić information content (AvgIpc) is 3.24. The first kappa shape index (κ1) is 18.5. The molecule has 3 aromatic heterocycles. The van der Waals surface area contributed by atoms with Gasteiger partial charge in [-0.2, -0.15) is 0 Å². The van der Waals surface area contributed by atoms with Gasteiger partial charge in [0, 0.05) is 34.3 Å². The van der Waals surface area contributed by atoms with E-state index in [1.54, 1.807) is 0 Å². The molecule has 6 aromatic rings. The van der Waals surface area contributed by atoms with E-state index >= 15 is 0 Å². The highest BCUT2D eigenvalue weighted by Gasteiger charge is 2.18. The molecule has 0 amide bonds. The molecule has 3 heteroatoms. The summed E-state index contributed by atoms with van der Waals surface area (Å²) in [7, 11) is 0. The summed E-state index contributed by atoms with van der Waals surface area (Å²) < 4.78 is 6.38. The molecular weight excluding hydrogens is 392 g/mol. The van der Waals surface area contributed by atoms with E-state index in [9.17, 15) is 0 Å². The largest absolute Gasteiger partial charge is 0.455 e. The Hall–Kier alpha value is -4.24. The predicted octanol–water partition coefficient (Wildman–Crippen LogP) is 7.30. The van der Waals surface area contributed by atoms with Crippen molar-refractivity contribution in [2.45, 2.75) is 6.42 Å². The Morgan fingerprint density at radius 2 is 1.28 bits per heavy atom. The third-order valence-electron chi connectivity index (χ3n) is 5.89. The Labute approximate surface area is 186 Å². The van der Waals surface area contributed by atoms with Crippen molar-refractivity contribution in [1.82, 2.24) is 9.97 Å². The summed E-state index contributed by atoms with van der Waals surface area (Å²) in [5, 5.41) is 2.24. The first-order valence-electron chi connectivity index (χ1n) is 10.7. The number of rotatable bonds is 4. The SMILES string of the molecule is c1ccc(-c2ccccc2Cc2ccc3c(oc4ccccc43)c2-c2ccccn2)nc1. The van der Waals surface area contributed by atoms with E-state index in [-0.39, 0.29) is 0 Å². The molecule has 0 unspecified atom stereocenters. The van der Waals surface area contributed by atoms with Gasteiger partial charge < -0.3 is 4.42 Å². The van der Waals surface area contributed by atoms with E-state index in [0.29, 0.717) is 0 Å². The van der Waals surface area contributed by atoms with Crippen molar-refractivity contribution >= 4 is 21.9 Å². The number of fused-ring (bicyclic) bond motifs is 3. The van der Waals surface area contributed by atoms with Gasteiger partial charge in [0.15, 0.2) is 0 Å². The molecule has 152 valence electrons. The molecule has 0 saturated heterocycles. The van der Waals surface area contributed by atoms with Crippen molar-refractivity contribution in [2.24, 2.45) is 0 Å². The lowest BCUT2D eigenvalue weighted by Crippen LogP contribution is -1.97. The van der Waals surface area contributed by atoms with Gasteiger partial charge >= 0.3 is 0 Å². The molecule has 3 heterocycles. The van der Waals surface area contributed by atoms with Crippen LogP contribution in [0.3, 0.4) is 0 Å². The van der Waals surface area contributed by atoms with Gasteiger partial charge in [0.1, 0.15) is 11.2 Å². The number of benzene rings is 3. The number of aromatic nitrogens is 2. The highest BCUT2D eigenvalue weighted by atomic mass is 16.3. The Morgan fingerprint density at radius 1 is 0.562 bits per heavy atom. The zero-order valence-corrected chi connectivity index (χ0v) is 17.4. The highest BCUT2D eigenvalue weighted by molar-refractivity contribution is 6.10. The summed E-state index contributed by atoms with van der Waals surface area (Å²) in [6.45, 7) is 0. The van der Waals surface area contributed by atoms with Crippen LogP contribution in [-0.2, 0) is 6.42 Å². The molecule has 6 rings (SSSR count). The van der Waals surface area contributed by atoms with E-state index in [0.717, 1.165) is 50.9 Å². The van der Waals surface area contributed by atoms with Crippen LogP contribution in [0.25, 0.3) is 44.5 Å². The Balaban J connectivity index is 1.57. The van der Waals surface area contributed by atoms with E-state index in [1.807, 2.05) is 48.8 Å². The molecular formula is C29H20N2O. The van der Waals surface area contributed by atoms with Crippen LogP contribution in [0.1, 0.15) is 11.1 Å². The fraction of sp³-hybridized carbons (Fsp3) is 0.0345. The summed E-state index contributed by atoms with van der Waals surface area (Å²) in [6, 6.07) is 33.1. The van der Waals surface area contributed by atoms with Crippen molar-refractivity contribution in [3.63, 3.8) is 0 Å². The van der Waals surface area contributed by atoms with Crippen LogP contribution in [-0.4, -0.2) is 9.97 Å². The molecule has 0 saturated carbocycles. The average molecular weight is 412 g/mol. The monoisotopic (exact) mass is 412 g/mol. The summed E-state index contributed by atoms with van der Waals surface area (Å²) in [4.78, 5) is 9.26. The minimum absolute atomic E-state index is 0.756. The van der Waals surface area contributed by atoms with Gasteiger partial charge in [-0.05, 0) is 47.9 Å². The van der Waals surface area contributed by atoms with Gasteiger partial charge in [0.25, 0.3) is 0 Å². The van der Waals surface area contributed by atoms with E-state index < -0.39 is 0 Å². The maximum Gasteiger partial charge on any atom is 0.145 e. The number of hydrogen-bond acceptors (Lipinski definition) is 3. The number of furan rings is 1. The number of nitrogens with zero attached hydrogens (tertiary/aromatic N) is 2. The molecule has 0 spiro atoms. The lowest BCUT2D eigenvalue weighted by Gasteiger charge is -2.13. The van der Waals surface area contributed by atoms with Gasteiger partial charge in [-0.15, -0.1) is 0 Å². The minimum Gasteiger partial charge on any atom is -0.455 e. The van der Waals surface area contributed by atoms with Crippen molar-refractivity contribution in [3.8, 4) is 22.5 Å². The third-order valence-corrected chi connectivity index (χ3v) is 5.89. The van der Waals surface area contributed by atoms with Crippen LogP contribution in [0, 0.1) is 0 Å². The molecule has 0 N–H and O–H groups in total. The molecule has 0 aliphatic rings. The molecule has 3 nitrogen and oxygen atoms in total. The Morgan fingerprint density at radius 3 is 2.09 bits per heavy atom. The molecule has 0 aliphatic carbocycles. The zero-order valence-electron chi connectivity index (χ0n) is 17.4. The molecule has 0 atom stereocenters. The topological polar surface area (TPSA) is 38.9 Å². The molecule has 3 aromatic carbocycles. The van der Waals surface area contributed by atoms with Crippen molar-refractivity contribution in [3.05, 3.63) is 121 Å². The van der Waals surface area contributed by atoms with Crippen LogP contribution in [0.5, 0.6) is 0 Å². The number of para-hydroxylation sites is 1. The Kier molecular flexibility index (Phi) is 4.51. The van der Waals surface area contributed by atoms with Gasteiger partial charge in [-0.25, -0.2) is 0 Å².